The van der Waals surface area contributed by atoms with Crippen molar-refractivity contribution < 1.29 is 19.4 Å². The molecule has 1 N–H and O–H groups in total. The van der Waals surface area contributed by atoms with Crippen LogP contribution in [0.2, 0.25) is 5.02 Å². The third-order valence-electron chi connectivity index (χ3n) is 2.64. The average molecular weight is 308 g/mol. The van der Waals surface area contributed by atoms with Crippen molar-refractivity contribution in [2.24, 2.45) is 0 Å². The second kappa shape index (κ2) is 6.45. The standard InChI is InChI=1S/C15H14ClNO4/c1-9-7-13(16)14(17-8-9)21-12-5-3-11(4-6-12)20-10(2)15(18)19/h3-8,10H,1-2H3,(H,18,19). The van der Waals surface area contributed by atoms with Crippen LogP contribution in [0.3, 0.4) is 0 Å². The topological polar surface area (TPSA) is 68.7 Å². The molecular weight excluding hydrogens is 294 g/mol. The molecule has 0 saturated carbocycles. The fourth-order valence-electron chi connectivity index (χ4n) is 1.55. The average Bonchev–Trinajstić information content (AvgIpc) is 2.43. The zero-order chi connectivity index (χ0) is 15.4. The van der Waals surface area contributed by atoms with Crippen LogP contribution in [0.4, 0.5) is 0 Å². The summed E-state index contributed by atoms with van der Waals surface area (Å²) in [5.41, 5.74) is 0.943. The third kappa shape index (κ3) is 4.10. The monoisotopic (exact) mass is 307 g/mol. The van der Waals surface area contributed by atoms with Crippen molar-refractivity contribution in [1.29, 1.82) is 0 Å². The highest BCUT2D eigenvalue weighted by Gasteiger charge is 2.12. The molecule has 1 aromatic carbocycles. The number of carboxylic acids is 1. The molecule has 1 aromatic heterocycles. The van der Waals surface area contributed by atoms with Crippen LogP contribution in [-0.2, 0) is 4.79 Å². The summed E-state index contributed by atoms with van der Waals surface area (Å²) in [5.74, 6) is 0.268. The number of aryl methyl sites for hydroxylation is 1. The van der Waals surface area contributed by atoms with Crippen molar-refractivity contribution in [3.8, 4) is 17.4 Å². The van der Waals surface area contributed by atoms with Gasteiger partial charge in [0.2, 0.25) is 5.88 Å². The van der Waals surface area contributed by atoms with Crippen molar-refractivity contribution in [3.63, 3.8) is 0 Å². The zero-order valence-electron chi connectivity index (χ0n) is 11.5. The molecular formula is C15H14ClNO4. The van der Waals surface area contributed by atoms with Gasteiger partial charge in [-0.25, -0.2) is 9.78 Å². The van der Waals surface area contributed by atoms with Gasteiger partial charge < -0.3 is 14.6 Å². The van der Waals surface area contributed by atoms with Crippen LogP contribution in [0.25, 0.3) is 0 Å². The van der Waals surface area contributed by atoms with E-state index in [1.807, 2.05) is 6.92 Å². The van der Waals surface area contributed by atoms with Crippen molar-refractivity contribution in [1.82, 2.24) is 4.98 Å². The minimum Gasteiger partial charge on any atom is -0.479 e. The number of ether oxygens (including phenoxy) is 2. The Hall–Kier alpha value is -2.27. The Balaban J connectivity index is 2.07. The summed E-state index contributed by atoms with van der Waals surface area (Å²) >= 11 is 6.04. The lowest BCUT2D eigenvalue weighted by Crippen LogP contribution is -2.22. The lowest BCUT2D eigenvalue weighted by molar-refractivity contribution is -0.144. The van der Waals surface area contributed by atoms with Gasteiger partial charge in [-0.3, -0.25) is 0 Å². The first-order chi connectivity index (χ1) is 9.95. The second-order valence-corrected chi connectivity index (χ2v) is 4.88. The molecule has 0 aliphatic carbocycles. The van der Waals surface area contributed by atoms with Gasteiger partial charge in [0.25, 0.3) is 0 Å². The van der Waals surface area contributed by atoms with Crippen molar-refractivity contribution in [2.45, 2.75) is 20.0 Å². The van der Waals surface area contributed by atoms with E-state index < -0.39 is 12.1 Å². The predicted molar refractivity (Wildman–Crippen MR) is 78.2 cm³/mol. The van der Waals surface area contributed by atoms with Gasteiger partial charge in [0, 0.05) is 6.20 Å². The predicted octanol–water partition coefficient (Wildman–Crippen LogP) is 3.69. The number of benzene rings is 1. The SMILES string of the molecule is Cc1cnc(Oc2ccc(OC(C)C(=O)O)cc2)c(Cl)c1. The molecule has 0 aliphatic rings. The zero-order valence-corrected chi connectivity index (χ0v) is 12.3. The first kappa shape index (κ1) is 15.1. The molecule has 21 heavy (non-hydrogen) atoms. The Morgan fingerprint density at radius 2 is 1.90 bits per heavy atom. The lowest BCUT2D eigenvalue weighted by Gasteiger charge is -2.11. The molecule has 2 rings (SSSR count). The molecule has 0 radical (unpaired) electrons. The van der Waals surface area contributed by atoms with Crippen molar-refractivity contribution >= 4 is 17.6 Å². The summed E-state index contributed by atoms with van der Waals surface area (Å²) in [6.45, 7) is 3.35. The van der Waals surface area contributed by atoms with Gasteiger partial charge in [0.1, 0.15) is 16.5 Å². The van der Waals surface area contributed by atoms with E-state index in [0.717, 1.165) is 5.56 Å². The van der Waals surface area contributed by atoms with Crippen LogP contribution < -0.4 is 9.47 Å². The summed E-state index contributed by atoms with van der Waals surface area (Å²) in [6.07, 6.45) is 0.748. The lowest BCUT2D eigenvalue weighted by atomic mass is 10.3. The molecule has 0 aliphatic heterocycles. The Bertz CT molecular complexity index is 643. The van der Waals surface area contributed by atoms with Gasteiger partial charge in [-0.15, -0.1) is 0 Å². The summed E-state index contributed by atoms with van der Waals surface area (Å²) in [6, 6.07) is 8.31. The number of aliphatic carboxylic acids is 1. The van der Waals surface area contributed by atoms with E-state index in [2.05, 4.69) is 4.98 Å². The van der Waals surface area contributed by atoms with Crippen LogP contribution in [-0.4, -0.2) is 22.2 Å². The Kier molecular flexibility index (Phi) is 4.65. The smallest absolute Gasteiger partial charge is 0.344 e. The highest BCUT2D eigenvalue weighted by atomic mass is 35.5. The molecule has 110 valence electrons. The largest absolute Gasteiger partial charge is 0.479 e. The molecule has 2 aromatic rings. The number of hydrogen-bond acceptors (Lipinski definition) is 4. The van der Waals surface area contributed by atoms with E-state index >= 15 is 0 Å². The summed E-state index contributed by atoms with van der Waals surface area (Å²) < 4.78 is 10.8. The highest BCUT2D eigenvalue weighted by molar-refractivity contribution is 6.31. The number of nitrogens with zero attached hydrogens (tertiary/aromatic N) is 1. The van der Waals surface area contributed by atoms with Crippen molar-refractivity contribution in [2.75, 3.05) is 0 Å². The number of carbonyl (C=O) groups is 1. The first-order valence-electron chi connectivity index (χ1n) is 6.25. The highest BCUT2D eigenvalue weighted by Crippen LogP contribution is 2.28. The molecule has 1 unspecified atom stereocenters. The number of carboxylic acid groups (broad SMARTS) is 1. The van der Waals surface area contributed by atoms with Gasteiger partial charge >= 0.3 is 5.97 Å². The van der Waals surface area contributed by atoms with E-state index in [1.54, 1.807) is 36.5 Å². The van der Waals surface area contributed by atoms with E-state index in [-0.39, 0.29) is 0 Å². The minimum absolute atomic E-state index is 0.315. The van der Waals surface area contributed by atoms with Crippen LogP contribution in [0.5, 0.6) is 17.4 Å². The number of hydrogen-bond donors (Lipinski definition) is 1. The number of aromatic nitrogens is 1. The second-order valence-electron chi connectivity index (χ2n) is 4.47. The Labute approximate surface area is 127 Å². The maximum absolute atomic E-state index is 10.7. The van der Waals surface area contributed by atoms with Gasteiger partial charge in [-0.1, -0.05) is 11.6 Å². The Morgan fingerprint density at radius 3 is 2.48 bits per heavy atom. The molecule has 1 atom stereocenters. The quantitative estimate of drug-likeness (QED) is 0.912. The minimum atomic E-state index is -1.02. The third-order valence-corrected chi connectivity index (χ3v) is 2.91. The fourth-order valence-corrected chi connectivity index (χ4v) is 1.81. The van der Waals surface area contributed by atoms with Crippen LogP contribution in [0.1, 0.15) is 12.5 Å². The molecule has 0 bridgehead atoms. The molecule has 0 fully saturated rings. The van der Waals surface area contributed by atoms with Crippen LogP contribution in [0.15, 0.2) is 36.5 Å². The van der Waals surface area contributed by atoms with Gasteiger partial charge in [-0.2, -0.15) is 0 Å². The number of rotatable bonds is 5. The first-order valence-corrected chi connectivity index (χ1v) is 6.63. The van der Waals surface area contributed by atoms with Crippen molar-refractivity contribution in [3.05, 3.63) is 47.1 Å². The van der Waals surface area contributed by atoms with Crippen LogP contribution in [0, 0.1) is 6.92 Å². The molecule has 6 heteroatoms. The van der Waals surface area contributed by atoms with Crippen LogP contribution >= 0.6 is 11.6 Å². The molecule has 0 spiro atoms. The van der Waals surface area contributed by atoms with E-state index in [1.165, 1.54) is 6.92 Å². The maximum Gasteiger partial charge on any atom is 0.344 e. The maximum atomic E-state index is 10.7. The number of pyridine rings is 1. The molecule has 5 nitrogen and oxygen atoms in total. The molecule has 1 heterocycles. The normalized spacial score (nSPS) is 11.8. The molecule has 0 amide bonds. The molecule has 0 saturated heterocycles. The Morgan fingerprint density at radius 1 is 1.29 bits per heavy atom. The van der Waals surface area contributed by atoms with E-state index in [0.29, 0.717) is 22.4 Å². The fraction of sp³-hybridized carbons (Fsp3) is 0.200. The van der Waals surface area contributed by atoms with E-state index in [9.17, 15) is 4.79 Å². The van der Waals surface area contributed by atoms with E-state index in [4.69, 9.17) is 26.2 Å². The van der Waals surface area contributed by atoms with Gasteiger partial charge in [0.15, 0.2) is 6.10 Å². The summed E-state index contributed by atoms with van der Waals surface area (Å²) in [7, 11) is 0. The van der Waals surface area contributed by atoms with Gasteiger partial charge in [-0.05, 0) is 49.7 Å². The summed E-state index contributed by atoms with van der Waals surface area (Å²) in [5, 5.41) is 9.20. The summed E-state index contributed by atoms with van der Waals surface area (Å²) in [4.78, 5) is 14.8. The van der Waals surface area contributed by atoms with Gasteiger partial charge in [0.05, 0.1) is 0 Å². The number of halogens is 1.